The van der Waals surface area contributed by atoms with Gasteiger partial charge in [0.2, 0.25) is 0 Å². The van der Waals surface area contributed by atoms with Gasteiger partial charge in [0.25, 0.3) is 0 Å². The maximum atomic E-state index is 6.31. The van der Waals surface area contributed by atoms with E-state index in [0.717, 1.165) is 4.41 Å². The molecule has 0 amide bonds. The topological polar surface area (TPSA) is 0 Å². The van der Waals surface area contributed by atoms with Crippen LogP contribution >= 0.6 is 10.0 Å². The Morgan fingerprint density at radius 1 is 1.25 bits per heavy atom. The van der Waals surface area contributed by atoms with Crippen molar-refractivity contribution in [3.63, 3.8) is 0 Å². The molecule has 0 atom stereocenters. The van der Waals surface area contributed by atoms with Crippen molar-refractivity contribution in [2.45, 2.75) is 11.5 Å². The molecule has 1 aromatic carbocycles. The van der Waals surface area contributed by atoms with Gasteiger partial charge in [0.1, 0.15) is 0 Å². The zero-order chi connectivity index (χ0) is 9.19. The first-order chi connectivity index (χ1) is 5.52. The van der Waals surface area contributed by atoms with Crippen LogP contribution in [0.3, 0.4) is 0 Å². The van der Waals surface area contributed by atoms with Crippen LogP contribution < -0.4 is 0 Å². The van der Waals surface area contributed by atoms with Crippen molar-refractivity contribution < 1.29 is 0 Å². The Hall–Kier alpha value is -0.207. The second-order valence-corrected chi connectivity index (χ2v) is 15.7. The third-order valence-electron chi connectivity index (χ3n) is 1.84. The minimum absolute atomic E-state index is 1.15. The molecule has 0 aliphatic heterocycles. The van der Waals surface area contributed by atoms with E-state index in [1.54, 1.807) is 0 Å². The predicted octanol–water partition coefficient (Wildman–Crippen LogP) is 3.68. The van der Waals surface area contributed by atoms with Crippen LogP contribution in [-0.4, -0.2) is 12.3 Å². The van der Waals surface area contributed by atoms with E-state index in [1.807, 2.05) is 18.2 Å². The molecule has 0 saturated heterocycles. The zero-order valence-electron chi connectivity index (χ0n) is 7.47. The fraction of sp³-hybridized carbons (Fsp3) is 0.200. The van der Waals surface area contributed by atoms with Crippen LogP contribution in [0.5, 0.6) is 0 Å². The van der Waals surface area contributed by atoms with Crippen molar-refractivity contribution in [1.29, 1.82) is 0 Å². The molecule has 0 unspecified atom stereocenters. The van der Waals surface area contributed by atoms with Crippen LogP contribution in [-0.2, 0) is 0 Å². The Morgan fingerprint density at radius 3 is 2.17 bits per heavy atom. The van der Waals surface area contributed by atoms with Crippen molar-refractivity contribution in [3.05, 3.63) is 42.5 Å². The fourth-order valence-corrected chi connectivity index (χ4v) is 3.34. The Kier molecular flexibility index (Phi) is 3.02. The Morgan fingerprint density at radius 2 is 1.75 bits per heavy atom. The summed E-state index contributed by atoms with van der Waals surface area (Å²) in [5.74, 6) is 4.27. The van der Waals surface area contributed by atoms with Gasteiger partial charge in [-0.05, 0) is 0 Å². The number of hydrogen-bond donors (Lipinski definition) is 0. The van der Waals surface area contributed by atoms with Crippen LogP contribution in [0.4, 0.5) is 0 Å². The summed E-state index contributed by atoms with van der Waals surface area (Å²) in [5.41, 5.74) is 1.19. The maximum absolute atomic E-state index is 6.31. The van der Waals surface area contributed by atoms with Crippen LogP contribution in [0.25, 0.3) is 4.41 Å². The summed E-state index contributed by atoms with van der Waals surface area (Å²) >= 11 is -2.20. The molecule has 0 aliphatic carbocycles. The molecule has 0 N–H and O–H groups in total. The third kappa shape index (κ3) is 2.39. The quantitative estimate of drug-likeness (QED) is 0.693. The molecule has 0 heterocycles. The van der Waals surface area contributed by atoms with Gasteiger partial charge in [-0.25, -0.2) is 0 Å². The molecule has 0 radical (unpaired) electrons. The molecule has 0 aromatic heterocycles. The standard InChI is InChI=1S/C10H13ClGe/c1-9(12(2,3)11)10-7-5-4-6-8-10/h4-8H,1H2,2-3H3. The summed E-state index contributed by atoms with van der Waals surface area (Å²) in [6, 6.07) is 10.2. The predicted molar refractivity (Wildman–Crippen MR) is 58.8 cm³/mol. The second kappa shape index (κ2) is 3.67. The average Bonchev–Trinajstić information content (AvgIpc) is 2.03. The van der Waals surface area contributed by atoms with E-state index in [1.165, 1.54) is 5.56 Å². The molecular formula is C10H13ClGe. The van der Waals surface area contributed by atoms with Gasteiger partial charge in [0.15, 0.2) is 0 Å². The molecule has 0 saturated carbocycles. The third-order valence-corrected chi connectivity index (χ3v) is 6.64. The van der Waals surface area contributed by atoms with Gasteiger partial charge >= 0.3 is 80.7 Å². The van der Waals surface area contributed by atoms with E-state index in [2.05, 4.69) is 30.2 Å². The van der Waals surface area contributed by atoms with E-state index in [-0.39, 0.29) is 0 Å². The first-order valence-electron chi connectivity index (χ1n) is 3.95. The van der Waals surface area contributed by atoms with Crippen LogP contribution in [0.15, 0.2) is 36.9 Å². The molecule has 1 rings (SSSR count). The van der Waals surface area contributed by atoms with E-state index in [9.17, 15) is 0 Å². The summed E-state index contributed by atoms with van der Waals surface area (Å²) in [5, 5.41) is 0. The van der Waals surface area contributed by atoms with Crippen LogP contribution in [0.2, 0.25) is 11.5 Å². The Labute approximate surface area is 80.8 Å². The minimum atomic E-state index is -2.20. The molecule has 64 valence electrons. The molecular weight excluding hydrogens is 228 g/mol. The van der Waals surface area contributed by atoms with Gasteiger partial charge in [-0.2, -0.15) is 0 Å². The molecule has 0 fully saturated rings. The van der Waals surface area contributed by atoms with Crippen molar-refractivity contribution >= 4 is 26.8 Å². The van der Waals surface area contributed by atoms with Crippen LogP contribution in [0, 0.1) is 0 Å². The molecule has 12 heavy (non-hydrogen) atoms. The summed E-state index contributed by atoms with van der Waals surface area (Å²) < 4.78 is 1.15. The number of hydrogen-bond acceptors (Lipinski definition) is 0. The van der Waals surface area contributed by atoms with E-state index < -0.39 is 12.3 Å². The second-order valence-electron chi connectivity index (χ2n) is 3.32. The van der Waals surface area contributed by atoms with Crippen molar-refractivity contribution in [3.8, 4) is 0 Å². The first kappa shape index (κ1) is 9.88. The van der Waals surface area contributed by atoms with Gasteiger partial charge in [-0.3, -0.25) is 0 Å². The van der Waals surface area contributed by atoms with Crippen LogP contribution in [0.1, 0.15) is 5.56 Å². The SMILES string of the molecule is C=[C](c1ccccc1)[Ge]([CH3])([CH3])[Cl]. The van der Waals surface area contributed by atoms with Crippen molar-refractivity contribution in [2.75, 3.05) is 0 Å². The molecule has 0 spiro atoms. The van der Waals surface area contributed by atoms with Crippen molar-refractivity contribution in [2.24, 2.45) is 0 Å². The Bertz CT molecular complexity index is 272. The summed E-state index contributed by atoms with van der Waals surface area (Å²) in [6.07, 6.45) is 0. The molecule has 0 aliphatic rings. The molecule has 1 aromatic rings. The van der Waals surface area contributed by atoms with E-state index in [0.29, 0.717) is 0 Å². The number of rotatable bonds is 2. The molecule has 2 heteroatoms. The van der Waals surface area contributed by atoms with Crippen molar-refractivity contribution in [1.82, 2.24) is 0 Å². The average molecular weight is 241 g/mol. The van der Waals surface area contributed by atoms with Gasteiger partial charge in [0, 0.05) is 0 Å². The molecule has 0 bridgehead atoms. The normalized spacial score (nSPS) is 11.2. The number of benzene rings is 1. The van der Waals surface area contributed by atoms with Gasteiger partial charge in [0.05, 0.1) is 0 Å². The van der Waals surface area contributed by atoms with Gasteiger partial charge in [-0.1, -0.05) is 0 Å². The van der Waals surface area contributed by atoms with Gasteiger partial charge < -0.3 is 0 Å². The number of halogens is 1. The Balaban J connectivity index is 2.94. The molecule has 0 nitrogen and oxygen atoms in total. The van der Waals surface area contributed by atoms with E-state index in [4.69, 9.17) is 10.0 Å². The summed E-state index contributed by atoms with van der Waals surface area (Å²) in [7, 11) is 6.31. The summed E-state index contributed by atoms with van der Waals surface area (Å²) in [4.78, 5) is 0. The monoisotopic (exact) mass is 242 g/mol. The summed E-state index contributed by atoms with van der Waals surface area (Å²) in [6.45, 7) is 4.05. The van der Waals surface area contributed by atoms with E-state index >= 15 is 0 Å². The zero-order valence-corrected chi connectivity index (χ0v) is 10.3. The van der Waals surface area contributed by atoms with Gasteiger partial charge in [-0.15, -0.1) is 0 Å². The fourth-order valence-electron chi connectivity index (χ4n) is 0.983. The first-order valence-corrected chi connectivity index (χ1v) is 12.0.